The van der Waals surface area contributed by atoms with Gasteiger partial charge in [-0.05, 0) is 41.1 Å². The maximum absolute atomic E-state index is 8.99. The van der Waals surface area contributed by atoms with Crippen LogP contribution in [-0.4, -0.2) is 11.3 Å². The molecule has 1 unspecified atom stereocenters. The van der Waals surface area contributed by atoms with Gasteiger partial charge in [0.15, 0.2) is 0 Å². The number of aliphatic hydroxyl groups excluding tert-OH is 1. The molecule has 0 aliphatic rings. The molecule has 0 heterocycles. The van der Waals surface area contributed by atoms with Crippen LogP contribution in [0.2, 0.25) is 0 Å². The predicted molar refractivity (Wildman–Crippen MR) is 57.7 cm³/mol. The Morgan fingerprint density at radius 2 is 2.17 bits per heavy atom. The largest absolute Gasteiger partial charge is 0.379 e. The molecular weight excluding hydrogens is 265 g/mol. The van der Waals surface area contributed by atoms with Gasteiger partial charge in [0.05, 0.1) is 0 Å². The fourth-order valence-electron chi connectivity index (χ4n) is 0.899. The van der Waals surface area contributed by atoms with Crippen LogP contribution in [0.25, 0.3) is 0 Å². The number of benzene rings is 1. The van der Waals surface area contributed by atoms with Crippen LogP contribution in [0, 0.1) is 3.57 Å². The number of rotatable bonds is 3. The molecule has 1 atom stereocenters. The molecule has 0 saturated carbocycles. The monoisotopic (exact) mass is 277 g/mol. The standard InChI is InChI=1S/C9H12INO/c1-7(12)11-6-8-4-2-3-5-9(8)10/h2-5,7,11-12H,6H2,1H3. The van der Waals surface area contributed by atoms with E-state index in [1.54, 1.807) is 6.92 Å². The van der Waals surface area contributed by atoms with E-state index in [0.717, 1.165) is 6.54 Å². The Bertz CT molecular complexity index is 250. The lowest BCUT2D eigenvalue weighted by Crippen LogP contribution is -2.24. The zero-order chi connectivity index (χ0) is 8.97. The predicted octanol–water partition coefficient (Wildman–Crippen LogP) is 1.72. The average Bonchev–Trinajstić information content (AvgIpc) is 2.03. The van der Waals surface area contributed by atoms with Crippen molar-refractivity contribution in [1.82, 2.24) is 5.32 Å². The van der Waals surface area contributed by atoms with Crippen LogP contribution >= 0.6 is 22.6 Å². The van der Waals surface area contributed by atoms with Crippen LogP contribution in [0.1, 0.15) is 12.5 Å². The number of halogens is 1. The first-order valence-electron chi connectivity index (χ1n) is 3.85. The molecule has 3 heteroatoms. The van der Waals surface area contributed by atoms with E-state index in [1.165, 1.54) is 9.13 Å². The molecule has 0 radical (unpaired) electrons. The lowest BCUT2D eigenvalue weighted by Gasteiger charge is -2.08. The number of nitrogens with one attached hydrogen (secondary N) is 1. The summed E-state index contributed by atoms with van der Waals surface area (Å²) in [5.74, 6) is 0. The van der Waals surface area contributed by atoms with Gasteiger partial charge in [0.25, 0.3) is 0 Å². The highest BCUT2D eigenvalue weighted by Crippen LogP contribution is 2.10. The fourth-order valence-corrected chi connectivity index (χ4v) is 1.48. The van der Waals surface area contributed by atoms with E-state index in [4.69, 9.17) is 5.11 Å². The Labute approximate surface area is 86.1 Å². The van der Waals surface area contributed by atoms with Gasteiger partial charge in [-0.25, -0.2) is 0 Å². The van der Waals surface area contributed by atoms with E-state index >= 15 is 0 Å². The summed E-state index contributed by atoms with van der Waals surface area (Å²) in [5, 5.41) is 11.9. The van der Waals surface area contributed by atoms with E-state index < -0.39 is 6.23 Å². The Kier molecular flexibility index (Phi) is 3.97. The summed E-state index contributed by atoms with van der Waals surface area (Å²) in [7, 11) is 0. The van der Waals surface area contributed by atoms with Crippen LogP contribution in [-0.2, 0) is 6.54 Å². The van der Waals surface area contributed by atoms with E-state index in [9.17, 15) is 0 Å². The highest BCUT2D eigenvalue weighted by molar-refractivity contribution is 14.1. The first kappa shape index (κ1) is 9.95. The smallest absolute Gasteiger partial charge is 0.102 e. The number of hydrogen-bond acceptors (Lipinski definition) is 2. The van der Waals surface area contributed by atoms with Gasteiger partial charge in [-0.15, -0.1) is 0 Å². The minimum Gasteiger partial charge on any atom is -0.379 e. The van der Waals surface area contributed by atoms with Gasteiger partial charge in [0, 0.05) is 10.1 Å². The Balaban J connectivity index is 2.57. The molecule has 0 aromatic heterocycles. The summed E-state index contributed by atoms with van der Waals surface area (Å²) in [4.78, 5) is 0. The second-order valence-electron chi connectivity index (χ2n) is 2.65. The van der Waals surface area contributed by atoms with E-state index in [2.05, 4.69) is 40.0 Å². The topological polar surface area (TPSA) is 32.3 Å². The molecule has 1 aromatic rings. The first-order chi connectivity index (χ1) is 5.70. The third kappa shape index (κ3) is 3.08. The lowest BCUT2D eigenvalue weighted by molar-refractivity contribution is 0.154. The average molecular weight is 277 g/mol. The molecule has 12 heavy (non-hydrogen) atoms. The first-order valence-corrected chi connectivity index (χ1v) is 4.93. The van der Waals surface area contributed by atoms with Crippen molar-refractivity contribution in [3.63, 3.8) is 0 Å². The molecule has 0 bridgehead atoms. The van der Waals surface area contributed by atoms with Crippen LogP contribution in [0.4, 0.5) is 0 Å². The highest BCUT2D eigenvalue weighted by Gasteiger charge is 1.98. The number of aliphatic hydroxyl groups is 1. The molecule has 0 aliphatic carbocycles. The van der Waals surface area contributed by atoms with Gasteiger partial charge < -0.3 is 5.11 Å². The zero-order valence-electron chi connectivity index (χ0n) is 6.92. The zero-order valence-corrected chi connectivity index (χ0v) is 9.08. The normalized spacial score (nSPS) is 12.9. The van der Waals surface area contributed by atoms with Crippen LogP contribution < -0.4 is 5.32 Å². The van der Waals surface area contributed by atoms with Crippen molar-refractivity contribution in [2.75, 3.05) is 0 Å². The van der Waals surface area contributed by atoms with Gasteiger partial charge in [-0.3, -0.25) is 5.32 Å². The van der Waals surface area contributed by atoms with Crippen LogP contribution in [0.15, 0.2) is 24.3 Å². The highest BCUT2D eigenvalue weighted by atomic mass is 127. The third-order valence-corrected chi connectivity index (χ3v) is 2.60. The van der Waals surface area contributed by atoms with E-state index in [1.807, 2.05) is 12.1 Å². The molecule has 0 amide bonds. The molecule has 0 fully saturated rings. The second kappa shape index (κ2) is 4.79. The Morgan fingerprint density at radius 3 is 2.75 bits per heavy atom. The van der Waals surface area contributed by atoms with Crippen LogP contribution in [0.5, 0.6) is 0 Å². The maximum atomic E-state index is 8.99. The summed E-state index contributed by atoms with van der Waals surface area (Å²) in [6.45, 7) is 2.44. The van der Waals surface area contributed by atoms with E-state index in [-0.39, 0.29) is 0 Å². The van der Waals surface area contributed by atoms with Gasteiger partial charge in [-0.1, -0.05) is 18.2 Å². The summed E-state index contributed by atoms with van der Waals surface area (Å²) in [5.41, 5.74) is 1.22. The van der Waals surface area contributed by atoms with Crippen molar-refractivity contribution in [3.05, 3.63) is 33.4 Å². The van der Waals surface area contributed by atoms with Crippen molar-refractivity contribution in [2.24, 2.45) is 0 Å². The van der Waals surface area contributed by atoms with E-state index in [0.29, 0.717) is 0 Å². The van der Waals surface area contributed by atoms with Gasteiger partial charge >= 0.3 is 0 Å². The lowest BCUT2D eigenvalue weighted by atomic mass is 10.2. The van der Waals surface area contributed by atoms with Crippen LogP contribution in [0.3, 0.4) is 0 Å². The van der Waals surface area contributed by atoms with Crippen molar-refractivity contribution < 1.29 is 5.11 Å². The molecular formula is C9H12INO. The fraction of sp³-hybridized carbons (Fsp3) is 0.333. The molecule has 0 saturated heterocycles. The quantitative estimate of drug-likeness (QED) is 0.651. The Morgan fingerprint density at radius 1 is 1.50 bits per heavy atom. The molecule has 66 valence electrons. The molecule has 1 rings (SSSR count). The minimum absolute atomic E-state index is 0.444. The minimum atomic E-state index is -0.444. The molecule has 2 N–H and O–H groups in total. The SMILES string of the molecule is CC(O)NCc1ccccc1I. The summed E-state index contributed by atoms with van der Waals surface area (Å²) in [6.07, 6.45) is -0.444. The molecule has 1 aromatic carbocycles. The van der Waals surface area contributed by atoms with Crippen molar-refractivity contribution >= 4 is 22.6 Å². The molecule has 0 aliphatic heterocycles. The number of hydrogen-bond donors (Lipinski definition) is 2. The third-order valence-electron chi connectivity index (χ3n) is 1.55. The van der Waals surface area contributed by atoms with Gasteiger partial charge in [0.1, 0.15) is 6.23 Å². The second-order valence-corrected chi connectivity index (χ2v) is 3.81. The maximum Gasteiger partial charge on any atom is 0.102 e. The molecule has 0 spiro atoms. The summed E-state index contributed by atoms with van der Waals surface area (Å²) < 4.78 is 1.23. The Hall–Kier alpha value is -0.130. The summed E-state index contributed by atoms with van der Waals surface area (Å²) in [6, 6.07) is 8.12. The van der Waals surface area contributed by atoms with Crippen molar-refractivity contribution in [1.29, 1.82) is 0 Å². The van der Waals surface area contributed by atoms with Gasteiger partial charge in [-0.2, -0.15) is 0 Å². The van der Waals surface area contributed by atoms with Crippen molar-refractivity contribution in [3.8, 4) is 0 Å². The van der Waals surface area contributed by atoms with Gasteiger partial charge in [0.2, 0.25) is 0 Å². The molecule has 2 nitrogen and oxygen atoms in total. The summed E-state index contributed by atoms with van der Waals surface area (Å²) >= 11 is 2.29. The van der Waals surface area contributed by atoms with Crippen molar-refractivity contribution in [2.45, 2.75) is 19.7 Å².